The number of aromatic amines is 1. The van der Waals surface area contributed by atoms with Gasteiger partial charge < -0.3 is 14.6 Å². The number of rotatable bonds is 5. The Morgan fingerprint density at radius 3 is 2.77 bits per heavy atom. The Kier molecular flexibility index (Phi) is 5.64. The molecule has 1 aliphatic heterocycles. The van der Waals surface area contributed by atoms with E-state index < -0.39 is 5.91 Å². The van der Waals surface area contributed by atoms with E-state index in [1.54, 1.807) is 0 Å². The summed E-state index contributed by atoms with van der Waals surface area (Å²) in [6.45, 7) is 4.32. The Labute approximate surface area is 153 Å². The molecule has 1 fully saturated rings. The topological polar surface area (TPSA) is 116 Å². The minimum Gasteiger partial charge on any atom is -0.378 e. The highest BCUT2D eigenvalue weighted by Crippen LogP contribution is 2.21. The van der Waals surface area contributed by atoms with Gasteiger partial charge in [-0.2, -0.15) is 0 Å². The third-order valence-corrected chi connectivity index (χ3v) is 4.76. The average molecular weight is 377 g/mol. The van der Waals surface area contributed by atoms with Gasteiger partial charge in [0.15, 0.2) is 10.9 Å². The summed E-state index contributed by atoms with van der Waals surface area (Å²) in [5.41, 5.74) is 5.89. The Morgan fingerprint density at radius 2 is 2.08 bits per heavy atom. The molecule has 3 heterocycles. The maximum Gasteiger partial charge on any atom is 0.286 e. The van der Waals surface area contributed by atoms with Gasteiger partial charge in [-0.1, -0.05) is 0 Å². The largest absolute Gasteiger partial charge is 0.378 e. The predicted octanol–water partition coefficient (Wildman–Crippen LogP) is 0.514. The predicted molar refractivity (Wildman–Crippen MR) is 95.3 cm³/mol. The van der Waals surface area contributed by atoms with Crippen molar-refractivity contribution in [2.75, 3.05) is 31.2 Å². The van der Waals surface area contributed by atoms with Gasteiger partial charge in [0.1, 0.15) is 5.69 Å². The number of anilines is 1. The molecule has 0 saturated carbocycles. The average Bonchev–Trinajstić information content (AvgIpc) is 3.30. The summed E-state index contributed by atoms with van der Waals surface area (Å²) in [5, 5.41) is 2.69. The van der Waals surface area contributed by atoms with Crippen molar-refractivity contribution in [3.05, 3.63) is 34.6 Å². The standard InChI is InChI=1S/C16H19N5O4S/c1-10(22)11-6-13(17-8-11)15(24)20-19-14(23)7-12-9-26-16(18-12)21-2-4-25-5-3-21/h6,8-9,17H,2-5,7H2,1H3,(H,19,23)(H,20,24). The molecule has 9 nitrogen and oxygen atoms in total. The third kappa shape index (κ3) is 4.46. The lowest BCUT2D eigenvalue weighted by atomic mass is 10.2. The molecule has 138 valence electrons. The number of hydrogen-bond acceptors (Lipinski definition) is 7. The summed E-state index contributed by atoms with van der Waals surface area (Å²) >= 11 is 1.48. The van der Waals surface area contributed by atoms with E-state index in [0.717, 1.165) is 18.2 Å². The summed E-state index contributed by atoms with van der Waals surface area (Å²) in [6, 6.07) is 1.43. The number of ether oxygens (including phenoxy) is 1. The lowest BCUT2D eigenvalue weighted by Crippen LogP contribution is -2.42. The fraction of sp³-hybridized carbons (Fsp3) is 0.375. The Bertz CT molecular complexity index is 809. The zero-order valence-electron chi connectivity index (χ0n) is 14.2. The maximum absolute atomic E-state index is 12.0. The first-order valence-electron chi connectivity index (χ1n) is 8.08. The minimum absolute atomic E-state index is 0.0601. The van der Waals surface area contributed by atoms with Crippen LogP contribution in [0.25, 0.3) is 0 Å². The van der Waals surface area contributed by atoms with Crippen LogP contribution in [-0.2, 0) is 16.0 Å². The Balaban J connectivity index is 1.48. The van der Waals surface area contributed by atoms with Gasteiger partial charge in [-0.15, -0.1) is 11.3 Å². The second-order valence-corrected chi connectivity index (χ2v) is 6.59. The van der Waals surface area contributed by atoms with Crippen LogP contribution in [0.3, 0.4) is 0 Å². The number of thiazole rings is 1. The van der Waals surface area contributed by atoms with Crippen LogP contribution in [0.2, 0.25) is 0 Å². The van der Waals surface area contributed by atoms with Gasteiger partial charge >= 0.3 is 0 Å². The van der Waals surface area contributed by atoms with Gasteiger partial charge in [-0.05, 0) is 13.0 Å². The van der Waals surface area contributed by atoms with Crippen LogP contribution in [0.1, 0.15) is 33.5 Å². The Morgan fingerprint density at radius 1 is 1.31 bits per heavy atom. The van der Waals surface area contributed by atoms with E-state index in [0.29, 0.717) is 24.5 Å². The van der Waals surface area contributed by atoms with Crippen LogP contribution in [0, 0.1) is 0 Å². The van der Waals surface area contributed by atoms with Crippen molar-refractivity contribution >= 4 is 34.1 Å². The van der Waals surface area contributed by atoms with Crippen molar-refractivity contribution in [1.82, 2.24) is 20.8 Å². The number of carbonyl (C=O) groups excluding carboxylic acids is 3. The number of hydrazine groups is 1. The second kappa shape index (κ2) is 8.11. The molecule has 2 amide bonds. The van der Waals surface area contributed by atoms with Gasteiger partial charge in [0, 0.05) is 30.2 Å². The number of ketones is 1. The first kappa shape index (κ1) is 18.1. The minimum atomic E-state index is -0.530. The monoisotopic (exact) mass is 377 g/mol. The molecule has 2 aromatic heterocycles. The molecular formula is C16H19N5O4S. The molecule has 3 N–H and O–H groups in total. The highest BCUT2D eigenvalue weighted by molar-refractivity contribution is 7.13. The molecule has 0 unspecified atom stereocenters. The van der Waals surface area contributed by atoms with Crippen molar-refractivity contribution in [1.29, 1.82) is 0 Å². The first-order valence-corrected chi connectivity index (χ1v) is 8.96. The third-order valence-electron chi connectivity index (χ3n) is 3.81. The number of morpholine rings is 1. The Hall–Kier alpha value is -2.72. The van der Waals surface area contributed by atoms with Gasteiger partial charge in [-0.25, -0.2) is 4.98 Å². The number of nitrogens with zero attached hydrogens (tertiary/aromatic N) is 2. The number of amides is 2. The SMILES string of the molecule is CC(=O)c1c[nH]c(C(=O)NNC(=O)Cc2csc(N3CCOCC3)n2)c1. The van der Waals surface area contributed by atoms with E-state index >= 15 is 0 Å². The van der Waals surface area contributed by atoms with Crippen LogP contribution in [-0.4, -0.2) is 53.9 Å². The normalized spacial score (nSPS) is 14.1. The molecule has 0 atom stereocenters. The summed E-state index contributed by atoms with van der Waals surface area (Å²) < 4.78 is 5.31. The summed E-state index contributed by atoms with van der Waals surface area (Å²) in [4.78, 5) is 44.4. The number of hydrogen-bond donors (Lipinski definition) is 3. The maximum atomic E-state index is 12.0. The number of carbonyl (C=O) groups is 3. The van der Waals surface area contributed by atoms with Gasteiger partial charge in [0.25, 0.3) is 5.91 Å². The highest BCUT2D eigenvalue weighted by atomic mass is 32.1. The van der Waals surface area contributed by atoms with Crippen LogP contribution in [0.15, 0.2) is 17.6 Å². The van der Waals surface area contributed by atoms with Crippen LogP contribution < -0.4 is 15.8 Å². The van der Waals surface area contributed by atoms with Gasteiger partial charge in [-0.3, -0.25) is 25.2 Å². The molecule has 10 heteroatoms. The molecule has 26 heavy (non-hydrogen) atoms. The zero-order valence-corrected chi connectivity index (χ0v) is 15.0. The van der Waals surface area contributed by atoms with Crippen LogP contribution in [0.5, 0.6) is 0 Å². The van der Waals surface area contributed by atoms with Crippen molar-refractivity contribution in [2.45, 2.75) is 13.3 Å². The van der Waals surface area contributed by atoms with Crippen molar-refractivity contribution in [3.8, 4) is 0 Å². The van der Waals surface area contributed by atoms with E-state index in [1.807, 2.05) is 5.38 Å². The van der Waals surface area contributed by atoms with Gasteiger partial charge in [0.05, 0.1) is 25.3 Å². The van der Waals surface area contributed by atoms with E-state index in [1.165, 1.54) is 30.5 Å². The molecular weight excluding hydrogens is 358 g/mol. The number of Topliss-reactive ketones (excluding diaryl/α,β-unsaturated/α-hetero) is 1. The number of H-pyrrole nitrogens is 1. The smallest absolute Gasteiger partial charge is 0.286 e. The molecule has 0 aromatic carbocycles. The molecule has 0 radical (unpaired) electrons. The van der Waals surface area contributed by atoms with Crippen LogP contribution >= 0.6 is 11.3 Å². The number of aromatic nitrogens is 2. The van der Waals surface area contributed by atoms with Crippen molar-refractivity contribution in [2.24, 2.45) is 0 Å². The highest BCUT2D eigenvalue weighted by Gasteiger charge is 2.16. The van der Waals surface area contributed by atoms with Crippen LogP contribution in [0.4, 0.5) is 5.13 Å². The van der Waals surface area contributed by atoms with Gasteiger partial charge in [0.2, 0.25) is 5.91 Å². The fourth-order valence-corrected chi connectivity index (χ4v) is 3.29. The molecule has 0 spiro atoms. The molecule has 2 aromatic rings. The zero-order chi connectivity index (χ0) is 18.5. The van der Waals surface area contributed by atoms with E-state index in [4.69, 9.17) is 4.74 Å². The summed E-state index contributed by atoms with van der Waals surface area (Å²) in [5.74, 6) is -1.06. The first-order chi connectivity index (χ1) is 12.5. The lowest BCUT2D eigenvalue weighted by Gasteiger charge is -2.26. The summed E-state index contributed by atoms with van der Waals surface area (Å²) in [7, 11) is 0. The second-order valence-electron chi connectivity index (χ2n) is 5.76. The van der Waals surface area contributed by atoms with E-state index in [2.05, 4.69) is 25.7 Å². The molecule has 0 aliphatic carbocycles. The van der Waals surface area contributed by atoms with E-state index in [9.17, 15) is 14.4 Å². The van der Waals surface area contributed by atoms with Crippen molar-refractivity contribution < 1.29 is 19.1 Å². The van der Waals surface area contributed by atoms with E-state index in [-0.39, 0.29) is 23.8 Å². The molecule has 3 rings (SSSR count). The lowest BCUT2D eigenvalue weighted by molar-refractivity contribution is -0.121. The molecule has 0 bridgehead atoms. The summed E-state index contributed by atoms with van der Waals surface area (Å²) in [6.07, 6.45) is 1.51. The quantitative estimate of drug-likeness (QED) is 0.517. The molecule has 1 saturated heterocycles. The fourth-order valence-electron chi connectivity index (χ4n) is 2.41. The molecule has 1 aliphatic rings. The van der Waals surface area contributed by atoms with Crippen molar-refractivity contribution in [3.63, 3.8) is 0 Å². The number of nitrogens with one attached hydrogen (secondary N) is 3.